The van der Waals surface area contributed by atoms with Crippen molar-refractivity contribution in [1.82, 2.24) is 15.5 Å². The van der Waals surface area contributed by atoms with E-state index in [2.05, 4.69) is 20.8 Å². The van der Waals surface area contributed by atoms with Crippen LogP contribution in [0.1, 0.15) is 40.6 Å². The molecule has 0 aromatic carbocycles. The van der Waals surface area contributed by atoms with Crippen molar-refractivity contribution in [2.45, 2.75) is 25.7 Å². The Morgan fingerprint density at radius 2 is 2.29 bits per heavy atom. The van der Waals surface area contributed by atoms with Crippen LogP contribution in [0.25, 0.3) is 0 Å². The highest BCUT2D eigenvalue weighted by atomic mass is 16.5. The van der Waals surface area contributed by atoms with Crippen LogP contribution in [0, 0.1) is 6.92 Å². The normalized spacial score (nSPS) is 14.0. The second kappa shape index (κ2) is 5.95. The third kappa shape index (κ3) is 3.39. The Balaban J connectivity index is 1.44. The Hall–Kier alpha value is -2.37. The summed E-state index contributed by atoms with van der Waals surface area (Å²) in [4.78, 5) is 15.9. The van der Waals surface area contributed by atoms with E-state index in [1.807, 2.05) is 13.0 Å². The monoisotopic (exact) mass is 286 g/mol. The van der Waals surface area contributed by atoms with Gasteiger partial charge in [-0.05, 0) is 31.4 Å². The van der Waals surface area contributed by atoms with Crippen molar-refractivity contribution in [3.63, 3.8) is 0 Å². The summed E-state index contributed by atoms with van der Waals surface area (Å²) in [5.41, 5.74) is 2.99. The van der Waals surface area contributed by atoms with E-state index in [4.69, 9.17) is 4.52 Å². The summed E-state index contributed by atoms with van der Waals surface area (Å²) in [6.07, 6.45) is 5.82. The summed E-state index contributed by atoms with van der Waals surface area (Å²) < 4.78 is 5.07. The molecule has 2 heterocycles. The van der Waals surface area contributed by atoms with Crippen molar-refractivity contribution in [1.29, 1.82) is 0 Å². The van der Waals surface area contributed by atoms with Gasteiger partial charge in [0.05, 0.1) is 5.69 Å². The van der Waals surface area contributed by atoms with E-state index in [0.29, 0.717) is 19.0 Å². The minimum atomic E-state index is -0.220. The number of aromatic nitrogens is 2. The Morgan fingerprint density at radius 1 is 1.43 bits per heavy atom. The molecule has 0 atom stereocenters. The second-order valence-electron chi connectivity index (χ2n) is 5.26. The van der Waals surface area contributed by atoms with Gasteiger partial charge in [0.1, 0.15) is 0 Å². The summed E-state index contributed by atoms with van der Waals surface area (Å²) in [7, 11) is 0. The maximum absolute atomic E-state index is 11.9. The quantitative estimate of drug-likeness (QED) is 0.795. The first-order valence-electron chi connectivity index (χ1n) is 7.13. The highest BCUT2D eigenvalue weighted by Crippen LogP contribution is 2.39. The first kappa shape index (κ1) is 13.6. The first-order valence-corrected chi connectivity index (χ1v) is 7.13. The number of rotatable bonds is 6. The van der Waals surface area contributed by atoms with Gasteiger partial charge >= 0.3 is 0 Å². The van der Waals surface area contributed by atoms with Gasteiger partial charge in [0, 0.05) is 43.2 Å². The number of nitrogens with zero attached hydrogens (tertiary/aromatic N) is 2. The van der Waals surface area contributed by atoms with Crippen LogP contribution in [0.3, 0.4) is 0 Å². The Kier molecular flexibility index (Phi) is 3.85. The lowest BCUT2D eigenvalue weighted by Gasteiger charge is -2.08. The third-order valence-corrected chi connectivity index (χ3v) is 3.49. The maximum atomic E-state index is 11.9. The summed E-state index contributed by atoms with van der Waals surface area (Å²) in [6.45, 7) is 3.14. The summed E-state index contributed by atoms with van der Waals surface area (Å²) in [5, 5.41) is 9.99. The molecule has 3 rings (SSSR count). The molecule has 0 aliphatic heterocycles. The number of nitrogens with one attached hydrogen (secondary N) is 2. The van der Waals surface area contributed by atoms with Crippen molar-refractivity contribution in [3.8, 4) is 0 Å². The lowest BCUT2D eigenvalue weighted by molar-refractivity contribution is 0.0918. The van der Waals surface area contributed by atoms with Crippen LogP contribution in [-0.2, 0) is 0 Å². The topological polar surface area (TPSA) is 80.0 Å². The van der Waals surface area contributed by atoms with E-state index in [1.165, 1.54) is 0 Å². The Morgan fingerprint density at radius 3 is 3.05 bits per heavy atom. The molecule has 1 aliphatic carbocycles. The number of carbonyl (C=O) groups is 1. The number of pyridine rings is 1. The SMILES string of the molecule is Cc1cnccc1NCCNC(=O)c1cc(C2CC2)no1. The molecule has 110 valence electrons. The molecule has 2 aromatic rings. The van der Waals surface area contributed by atoms with Gasteiger partial charge in [0.2, 0.25) is 5.76 Å². The lowest BCUT2D eigenvalue weighted by atomic mass is 10.2. The van der Waals surface area contributed by atoms with Crippen molar-refractivity contribution in [3.05, 3.63) is 41.5 Å². The fourth-order valence-corrected chi connectivity index (χ4v) is 2.10. The van der Waals surface area contributed by atoms with Crippen molar-refractivity contribution < 1.29 is 9.32 Å². The zero-order chi connectivity index (χ0) is 14.7. The highest BCUT2D eigenvalue weighted by Gasteiger charge is 2.28. The lowest BCUT2D eigenvalue weighted by Crippen LogP contribution is -2.28. The van der Waals surface area contributed by atoms with Crippen LogP contribution in [-0.4, -0.2) is 29.1 Å². The van der Waals surface area contributed by atoms with E-state index in [-0.39, 0.29) is 11.7 Å². The molecule has 2 N–H and O–H groups in total. The van der Waals surface area contributed by atoms with Crippen molar-refractivity contribution in [2.75, 3.05) is 18.4 Å². The molecule has 0 unspecified atom stereocenters. The molecule has 0 bridgehead atoms. The van der Waals surface area contributed by atoms with Gasteiger partial charge < -0.3 is 15.2 Å². The molecule has 6 heteroatoms. The van der Waals surface area contributed by atoms with Gasteiger partial charge in [0.25, 0.3) is 5.91 Å². The summed E-state index contributed by atoms with van der Waals surface area (Å²) >= 11 is 0. The molecular weight excluding hydrogens is 268 g/mol. The zero-order valence-electron chi connectivity index (χ0n) is 11.9. The van der Waals surface area contributed by atoms with E-state index < -0.39 is 0 Å². The van der Waals surface area contributed by atoms with Crippen LogP contribution in [0.2, 0.25) is 0 Å². The molecule has 21 heavy (non-hydrogen) atoms. The average molecular weight is 286 g/mol. The molecule has 1 saturated carbocycles. The zero-order valence-corrected chi connectivity index (χ0v) is 11.9. The average Bonchev–Trinajstić information content (AvgIpc) is 3.22. The second-order valence-corrected chi connectivity index (χ2v) is 5.26. The molecule has 2 aromatic heterocycles. The Labute approximate surface area is 122 Å². The van der Waals surface area contributed by atoms with Crippen LogP contribution >= 0.6 is 0 Å². The molecule has 0 spiro atoms. The Bertz CT molecular complexity index is 634. The number of aryl methyl sites for hydroxylation is 1. The minimum Gasteiger partial charge on any atom is -0.383 e. The smallest absolute Gasteiger partial charge is 0.289 e. The van der Waals surface area contributed by atoms with E-state index >= 15 is 0 Å². The molecule has 0 saturated heterocycles. The van der Waals surface area contributed by atoms with Crippen LogP contribution in [0.5, 0.6) is 0 Å². The van der Waals surface area contributed by atoms with E-state index in [0.717, 1.165) is 29.8 Å². The van der Waals surface area contributed by atoms with Gasteiger partial charge in [-0.1, -0.05) is 5.16 Å². The molecule has 6 nitrogen and oxygen atoms in total. The predicted octanol–water partition coefficient (Wildman–Crippen LogP) is 2.10. The molecule has 0 radical (unpaired) electrons. The first-order chi connectivity index (χ1) is 10.2. The highest BCUT2D eigenvalue weighted by molar-refractivity contribution is 5.91. The molecule has 1 amide bonds. The van der Waals surface area contributed by atoms with Gasteiger partial charge in [0.15, 0.2) is 0 Å². The van der Waals surface area contributed by atoms with Crippen LogP contribution in [0.15, 0.2) is 29.0 Å². The molecule has 1 fully saturated rings. The van der Waals surface area contributed by atoms with Gasteiger partial charge in [-0.2, -0.15) is 0 Å². The number of anilines is 1. The molecular formula is C15H18N4O2. The number of hydrogen-bond donors (Lipinski definition) is 2. The largest absolute Gasteiger partial charge is 0.383 e. The number of amides is 1. The van der Waals surface area contributed by atoms with E-state index in [9.17, 15) is 4.79 Å². The van der Waals surface area contributed by atoms with Crippen LogP contribution in [0.4, 0.5) is 5.69 Å². The van der Waals surface area contributed by atoms with Crippen molar-refractivity contribution >= 4 is 11.6 Å². The number of hydrogen-bond acceptors (Lipinski definition) is 5. The van der Waals surface area contributed by atoms with Gasteiger partial charge in [-0.15, -0.1) is 0 Å². The van der Waals surface area contributed by atoms with Gasteiger partial charge in [-0.3, -0.25) is 9.78 Å². The predicted molar refractivity (Wildman–Crippen MR) is 78.3 cm³/mol. The number of carbonyl (C=O) groups excluding carboxylic acids is 1. The van der Waals surface area contributed by atoms with Gasteiger partial charge in [-0.25, -0.2) is 0 Å². The minimum absolute atomic E-state index is 0.220. The van der Waals surface area contributed by atoms with E-state index in [1.54, 1.807) is 18.5 Å². The molecule has 1 aliphatic rings. The summed E-state index contributed by atoms with van der Waals surface area (Å²) in [6, 6.07) is 3.66. The fourth-order valence-electron chi connectivity index (χ4n) is 2.10. The maximum Gasteiger partial charge on any atom is 0.289 e. The standard InChI is InChI=1S/C15H18N4O2/c1-10-9-16-5-4-12(10)17-6-7-18-15(20)14-8-13(19-21-14)11-2-3-11/h4-5,8-9,11H,2-3,6-7H2,1H3,(H,16,17)(H,18,20). The van der Waals surface area contributed by atoms with Crippen LogP contribution < -0.4 is 10.6 Å². The fraction of sp³-hybridized carbons (Fsp3) is 0.400. The third-order valence-electron chi connectivity index (χ3n) is 3.49. The summed E-state index contributed by atoms with van der Waals surface area (Å²) in [5.74, 6) is 0.561. The van der Waals surface area contributed by atoms with Crippen molar-refractivity contribution in [2.24, 2.45) is 0 Å².